The zero-order valence-corrected chi connectivity index (χ0v) is 26.7. The molecule has 3 atom stereocenters. The van der Waals surface area contributed by atoms with Crippen molar-refractivity contribution in [2.24, 2.45) is 5.73 Å². The molecule has 0 heterocycles. The molecule has 0 aromatic heterocycles. The van der Waals surface area contributed by atoms with Crippen molar-refractivity contribution >= 4 is 13.7 Å². The van der Waals surface area contributed by atoms with Crippen molar-refractivity contribution in [1.29, 1.82) is 0 Å². The predicted molar refractivity (Wildman–Crippen MR) is 166 cm³/mol. The average molecular weight is 591 g/mol. The van der Waals surface area contributed by atoms with Crippen LogP contribution in [0.3, 0.4) is 0 Å². The fraction of sp³-hybridized carbons (Fsp3) is 0.903. The van der Waals surface area contributed by atoms with Gasteiger partial charge in [0.05, 0.1) is 25.4 Å². The van der Waals surface area contributed by atoms with Gasteiger partial charge in [-0.05, 0) is 19.3 Å². The Labute approximate surface area is 245 Å². The number of unbranched alkanes of at least 4 members (excludes halogenated alkanes) is 18. The van der Waals surface area contributed by atoms with Crippen LogP contribution in [0.2, 0.25) is 0 Å². The van der Waals surface area contributed by atoms with Crippen LogP contribution in [0, 0.1) is 0 Å². The standard InChI is InChI=1S/C31H63N2O6P/c1-3-5-7-9-11-13-15-17-19-21-23-25-31(35)33-29(28-39-40(36,37)38-27-26-32)30(34)24-22-20-18-16-14-12-10-8-6-4-2/h22,24,29-30,34H,3-21,23,25-28,32H2,1-2H3,(H,33,35)(H,36,37)/b24-22+/t29-,30+/m0/s1. The summed E-state index contributed by atoms with van der Waals surface area (Å²) in [5, 5.41) is 13.5. The van der Waals surface area contributed by atoms with E-state index in [0.717, 1.165) is 38.5 Å². The Hall–Kier alpha value is -0.760. The summed E-state index contributed by atoms with van der Waals surface area (Å²) in [6.07, 6.45) is 26.8. The van der Waals surface area contributed by atoms with Crippen LogP contribution in [0.15, 0.2) is 12.2 Å². The molecule has 0 saturated carbocycles. The molecule has 0 fully saturated rings. The molecule has 0 aliphatic carbocycles. The van der Waals surface area contributed by atoms with Crippen molar-refractivity contribution < 1.29 is 28.4 Å². The van der Waals surface area contributed by atoms with E-state index in [-0.39, 0.29) is 25.7 Å². The topological polar surface area (TPSA) is 131 Å². The van der Waals surface area contributed by atoms with Crippen molar-refractivity contribution in [2.45, 2.75) is 161 Å². The first-order valence-electron chi connectivity index (χ1n) is 16.3. The van der Waals surface area contributed by atoms with Gasteiger partial charge < -0.3 is 21.1 Å². The SMILES string of the molecule is CCCCCCCCCC/C=C/[C@@H](O)[C@H](COP(=O)(O)OCCN)NC(=O)CCCCCCCCCCCCC. The lowest BCUT2D eigenvalue weighted by molar-refractivity contribution is -0.123. The minimum Gasteiger partial charge on any atom is -0.387 e. The maximum absolute atomic E-state index is 12.6. The third-order valence-electron chi connectivity index (χ3n) is 7.11. The highest BCUT2D eigenvalue weighted by atomic mass is 31.2. The van der Waals surface area contributed by atoms with E-state index in [1.807, 2.05) is 6.08 Å². The third-order valence-corrected chi connectivity index (χ3v) is 8.10. The minimum atomic E-state index is -4.32. The molecular weight excluding hydrogens is 527 g/mol. The number of nitrogens with one attached hydrogen (secondary N) is 1. The van der Waals surface area contributed by atoms with Crippen molar-refractivity contribution in [3.8, 4) is 0 Å². The first-order chi connectivity index (χ1) is 19.4. The fourth-order valence-corrected chi connectivity index (χ4v) is 5.36. The number of phosphoric acid groups is 1. The summed E-state index contributed by atoms with van der Waals surface area (Å²) in [5.41, 5.74) is 5.33. The van der Waals surface area contributed by atoms with E-state index >= 15 is 0 Å². The molecule has 40 heavy (non-hydrogen) atoms. The lowest BCUT2D eigenvalue weighted by atomic mass is 10.0. The first-order valence-corrected chi connectivity index (χ1v) is 17.8. The maximum Gasteiger partial charge on any atom is 0.472 e. The monoisotopic (exact) mass is 590 g/mol. The first kappa shape index (κ1) is 39.2. The Morgan fingerprint density at radius 3 is 1.77 bits per heavy atom. The Bertz CT molecular complexity index is 649. The number of carbonyl (C=O) groups is 1. The Morgan fingerprint density at radius 2 is 1.27 bits per heavy atom. The Balaban J connectivity index is 4.42. The molecule has 0 radical (unpaired) electrons. The summed E-state index contributed by atoms with van der Waals surface area (Å²) in [6.45, 7) is 4.08. The summed E-state index contributed by atoms with van der Waals surface area (Å²) < 4.78 is 21.9. The summed E-state index contributed by atoms with van der Waals surface area (Å²) >= 11 is 0. The van der Waals surface area contributed by atoms with E-state index < -0.39 is 20.0 Å². The number of aliphatic hydroxyl groups is 1. The van der Waals surface area contributed by atoms with Crippen LogP contribution >= 0.6 is 7.82 Å². The average Bonchev–Trinajstić information content (AvgIpc) is 2.93. The van der Waals surface area contributed by atoms with Crippen LogP contribution in [0.5, 0.6) is 0 Å². The molecule has 0 bridgehead atoms. The smallest absolute Gasteiger partial charge is 0.387 e. The number of hydrogen-bond donors (Lipinski definition) is 4. The molecule has 0 saturated heterocycles. The van der Waals surface area contributed by atoms with E-state index in [0.29, 0.717) is 6.42 Å². The zero-order valence-electron chi connectivity index (χ0n) is 25.8. The molecule has 9 heteroatoms. The summed E-state index contributed by atoms with van der Waals surface area (Å²) in [7, 11) is -4.32. The van der Waals surface area contributed by atoms with Gasteiger partial charge >= 0.3 is 7.82 Å². The number of carbonyl (C=O) groups excluding carboxylic acids is 1. The van der Waals surface area contributed by atoms with E-state index in [1.54, 1.807) is 6.08 Å². The van der Waals surface area contributed by atoms with Gasteiger partial charge in [-0.2, -0.15) is 0 Å². The molecule has 1 unspecified atom stereocenters. The normalized spacial score (nSPS) is 14.8. The molecule has 0 aromatic carbocycles. The highest BCUT2D eigenvalue weighted by molar-refractivity contribution is 7.47. The largest absolute Gasteiger partial charge is 0.472 e. The van der Waals surface area contributed by atoms with E-state index in [1.165, 1.54) is 89.9 Å². The molecule has 238 valence electrons. The summed E-state index contributed by atoms with van der Waals surface area (Å²) in [4.78, 5) is 22.4. The molecular formula is C31H63N2O6P. The maximum atomic E-state index is 12.6. The van der Waals surface area contributed by atoms with Crippen LogP contribution < -0.4 is 11.1 Å². The van der Waals surface area contributed by atoms with Gasteiger partial charge in [-0.1, -0.05) is 135 Å². The summed E-state index contributed by atoms with van der Waals surface area (Å²) in [6, 6.07) is -0.850. The number of amides is 1. The van der Waals surface area contributed by atoms with Gasteiger partial charge in [0.2, 0.25) is 5.91 Å². The predicted octanol–water partition coefficient (Wildman–Crippen LogP) is 7.71. The van der Waals surface area contributed by atoms with Crippen LogP contribution in [0.1, 0.15) is 149 Å². The quantitative estimate of drug-likeness (QED) is 0.0383. The molecule has 1 amide bonds. The number of nitrogens with two attached hydrogens (primary N) is 1. The molecule has 8 nitrogen and oxygen atoms in total. The number of rotatable bonds is 30. The van der Waals surface area contributed by atoms with E-state index in [9.17, 15) is 19.4 Å². The molecule has 0 rings (SSSR count). The van der Waals surface area contributed by atoms with Crippen molar-refractivity contribution in [3.05, 3.63) is 12.2 Å². The molecule has 0 spiro atoms. The molecule has 0 aliphatic rings. The van der Waals surface area contributed by atoms with Gasteiger partial charge in [0.1, 0.15) is 0 Å². The molecule has 0 aliphatic heterocycles. The molecule has 0 aromatic rings. The van der Waals surface area contributed by atoms with Crippen molar-refractivity contribution in [2.75, 3.05) is 19.8 Å². The van der Waals surface area contributed by atoms with E-state index in [4.69, 9.17) is 14.8 Å². The van der Waals surface area contributed by atoms with Gasteiger partial charge in [0.25, 0.3) is 0 Å². The number of allylic oxidation sites excluding steroid dienone is 1. The lowest BCUT2D eigenvalue weighted by Crippen LogP contribution is -2.45. The Kier molecular flexibility index (Phi) is 27.8. The van der Waals surface area contributed by atoms with Gasteiger partial charge in [-0.15, -0.1) is 0 Å². The van der Waals surface area contributed by atoms with Crippen molar-refractivity contribution in [1.82, 2.24) is 5.32 Å². The summed E-state index contributed by atoms with van der Waals surface area (Å²) in [5.74, 6) is -0.198. The second kappa shape index (κ2) is 28.4. The Morgan fingerprint density at radius 1 is 0.800 bits per heavy atom. The second-order valence-corrected chi connectivity index (χ2v) is 12.5. The minimum absolute atomic E-state index is 0.0805. The number of hydrogen-bond acceptors (Lipinski definition) is 6. The van der Waals surface area contributed by atoms with Crippen LogP contribution in [-0.4, -0.2) is 47.8 Å². The highest BCUT2D eigenvalue weighted by Crippen LogP contribution is 2.43. The number of phosphoric ester groups is 1. The van der Waals surface area contributed by atoms with Crippen LogP contribution in [0.25, 0.3) is 0 Å². The molecule has 5 N–H and O–H groups in total. The van der Waals surface area contributed by atoms with Gasteiger partial charge in [0.15, 0.2) is 0 Å². The van der Waals surface area contributed by atoms with Crippen LogP contribution in [-0.2, 0) is 18.4 Å². The van der Waals surface area contributed by atoms with Crippen molar-refractivity contribution in [3.63, 3.8) is 0 Å². The zero-order chi connectivity index (χ0) is 29.7. The second-order valence-electron chi connectivity index (χ2n) is 11.0. The highest BCUT2D eigenvalue weighted by Gasteiger charge is 2.26. The van der Waals surface area contributed by atoms with Gasteiger partial charge in [0, 0.05) is 13.0 Å². The van der Waals surface area contributed by atoms with Gasteiger partial charge in [-0.25, -0.2) is 4.57 Å². The lowest BCUT2D eigenvalue weighted by Gasteiger charge is -2.23. The van der Waals surface area contributed by atoms with Gasteiger partial charge in [-0.3, -0.25) is 13.8 Å². The number of aliphatic hydroxyl groups excluding tert-OH is 1. The van der Waals surface area contributed by atoms with Crippen LogP contribution in [0.4, 0.5) is 0 Å². The van der Waals surface area contributed by atoms with E-state index in [2.05, 4.69) is 19.2 Å². The third kappa shape index (κ3) is 26.2. The fourth-order valence-electron chi connectivity index (χ4n) is 4.60.